The summed E-state index contributed by atoms with van der Waals surface area (Å²) in [5.41, 5.74) is 2.28. The summed E-state index contributed by atoms with van der Waals surface area (Å²) >= 11 is 3.41. The normalized spacial score (nSPS) is 12.0. The Bertz CT molecular complexity index is 1350. The quantitative estimate of drug-likeness (QED) is 0.251. The highest BCUT2D eigenvalue weighted by atomic mass is 79.9. The molecule has 0 aromatic heterocycles. The minimum Gasteiger partial charge on any atom is -0.354 e. The van der Waals surface area contributed by atoms with Crippen molar-refractivity contribution in [2.45, 2.75) is 57.5 Å². The lowest BCUT2D eigenvalue weighted by atomic mass is 10.1. The van der Waals surface area contributed by atoms with E-state index in [1.54, 1.807) is 42.5 Å². The first-order valence-electron chi connectivity index (χ1n) is 13.1. The van der Waals surface area contributed by atoms with E-state index in [9.17, 15) is 18.0 Å². The van der Waals surface area contributed by atoms with Crippen LogP contribution in [-0.4, -0.2) is 44.3 Å². The molecule has 208 valence electrons. The third-order valence-corrected chi connectivity index (χ3v) is 8.68. The highest BCUT2D eigenvalue weighted by Gasteiger charge is 2.33. The lowest BCUT2D eigenvalue weighted by Gasteiger charge is -2.33. The van der Waals surface area contributed by atoms with Crippen LogP contribution in [0.25, 0.3) is 0 Å². The number of rotatable bonds is 13. The maximum atomic E-state index is 14.0. The number of halogens is 1. The Hall–Kier alpha value is -3.17. The first kappa shape index (κ1) is 30.4. The van der Waals surface area contributed by atoms with Crippen molar-refractivity contribution in [2.24, 2.45) is 0 Å². The summed E-state index contributed by atoms with van der Waals surface area (Å²) in [5, 5.41) is 2.94. The van der Waals surface area contributed by atoms with Crippen LogP contribution in [0.4, 0.5) is 5.69 Å². The molecule has 0 fully saturated rings. The first-order valence-corrected chi connectivity index (χ1v) is 15.4. The van der Waals surface area contributed by atoms with Gasteiger partial charge >= 0.3 is 0 Å². The molecule has 0 radical (unpaired) electrons. The van der Waals surface area contributed by atoms with Gasteiger partial charge in [0, 0.05) is 17.6 Å². The van der Waals surface area contributed by atoms with Gasteiger partial charge in [-0.1, -0.05) is 90.3 Å². The lowest BCUT2D eigenvalue weighted by molar-refractivity contribution is -0.140. The van der Waals surface area contributed by atoms with E-state index in [0.29, 0.717) is 23.1 Å². The van der Waals surface area contributed by atoms with Crippen LogP contribution in [0.1, 0.15) is 44.2 Å². The molecule has 1 atom stereocenters. The van der Waals surface area contributed by atoms with Crippen LogP contribution in [0.15, 0.2) is 88.2 Å². The molecule has 0 bridgehead atoms. The van der Waals surface area contributed by atoms with Gasteiger partial charge in [0.05, 0.1) is 10.6 Å². The molecule has 1 N–H and O–H groups in total. The zero-order chi connectivity index (χ0) is 28.4. The average Bonchev–Trinajstić information content (AvgIpc) is 2.93. The van der Waals surface area contributed by atoms with E-state index < -0.39 is 28.5 Å². The maximum absolute atomic E-state index is 14.0. The van der Waals surface area contributed by atoms with Crippen molar-refractivity contribution in [1.29, 1.82) is 0 Å². The molecule has 9 heteroatoms. The van der Waals surface area contributed by atoms with Crippen molar-refractivity contribution in [3.63, 3.8) is 0 Å². The molecule has 3 aromatic carbocycles. The Labute approximate surface area is 240 Å². The molecule has 2 amide bonds. The van der Waals surface area contributed by atoms with Gasteiger partial charge < -0.3 is 10.2 Å². The number of hydrogen-bond acceptors (Lipinski definition) is 4. The number of aryl methyl sites for hydroxylation is 1. The first-order chi connectivity index (χ1) is 18.7. The second-order valence-electron chi connectivity index (χ2n) is 9.38. The van der Waals surface area contributed by atoms with Gasteiger partial charge in [-0.05, 0) is 55.7 Å². The van der Waals surface area contributed by atoms with E-state index in [0.717, 1.165) is 28.3 Å². The van der Waals surface area contributed by atoms with Gasteiger partial charge in [0.2, 0.25) is 11.8 Å². The molecule has 0 saturated heterocycles. The Morgan fingerprint density at radius 3 is 2.26 bits per heavy atom. The minimum absolute atomic E-state index is 0.0761. The summed E-state index contributed by atoms with van der Waals surface area (Å²) in [6, 6.07) is 21.8. The average molecular weight is 615 g/mol. The number of benzene rings is 3. The highest BCUT2D eigenvalue weighted by molar-refractivity contribution is 9.10. The standard InChI is InChI=1S/C30H36BrN3O4S/c1-4-6-19-32-30(36)28(5-2)33(21-24-17-15-23(3)16-18-24)29(35)22-34(26-12-10-11-25(31)20-26)39(37,38)27-13-8-7-9-14-27/h7-18,20,28H,4-6,19,21-22H2,1-3H3,(H,32,36)/t28-/m0/s1. The largest absolute Gasteiger partial charge is 0.354 e. The Morgan fingerprint density at radius 1 is 0.949 bits per heavy atom. The van der Waals surface area contributed by atoms with Crippen LogP contribution >= 0.6 is 15.9 Å². The fourth-order valence-electron chi connectivity index (χ4n) is 4.20. The number of nitrogens with one attached hydrogen (secondary N) is 1. The van der Waals surface area contributed by atoms with Crippen molar-refractivity contribution in [3.8, 4) is 0 Å². The third kappa shape index (κ3) is 8.16. The maximum Gasteiger partial charge on any atom is 0.264 e. The van der Waals surface area contributed by atoms with Gasteiger partial charge in [0.1, 0.15) is 12.6 Å². The second kappa shape index (κ2) is 14.3. The third-order valence-electron chi connectivity index (χ3n) is 6.40. The van der Waals surface area contributed by atoms with E-state index in [1.807, 2.05) is 45.0 Å². The van der Waals surface area contributed by atoms with Crippen LogP contribution in [0, 0.1) is 6.92 Å². The van der Waals surface area contributed by atoms with Gasteiger partial charge in [0.15, 0.2) is 0 Å². The minimum atomic E-state index is -4.08. The topological polar surface area (TPSA) is 86.8 Å². The number of carbonyl (C=O) groups excluding carboxylic acids is 2. The summed E-state index contributed by atoms with van der Waals surface area (Å²) < 4.78 is 29.4. The van der Waals surface area contributed by atoms with E-state index in [2.05, 4.69) is 21.2 Å². The smallest absolute Gasteiger partial charge is 0.264 e. The van der Waals surface area contributed by atoms with Crippen LogP contribution in [0.3, 0.4) is 0 Å². The predicted octanol–water partition coefficient (Wildman–Crippen LogP) is 5.68. The fourth-order valence-corrected chi connectivity index (χ4v) is 6.01. The number of unbranched alkanes of at least 4 members (excludes halogenated alkanes) is 1. The van der Waals surface area contributed by atoms with Crippen molar-refractivity contribution >= 4 is 43.5 Å². The predicted molar refractivity (Wildman–Crippen MR) is 159 cm³/mol. The summed E-state index contributed by atoms with van der Waals surface area (Å²) in [6.45, 7) is 6.11. The summed E-state index contributed by atoms with van der Waals surface area (Å²) in [4.78, 5) is 28.8. The lowest BCUT2D eigenvalue weighted by Crippen LogP contribution is -2.52. The molecule has 3 aromatic rings. The van der Waals surface area contributed by atoms with Crippen LogP contribution in [-0.2, 0) is 26.2 Å². The number of nitrogens with zero attached hydrogens (tertiary/aromatic N) is 2. The molecular formula is C30H36BrN3O4S. The molecule has 0 aliphatic rings. The van der Waals surface area contributed by atoms with Gasteiger partial charge in [0.25, 0.3) is 10.0 Å². The Morgan fingerprint density at radius 2 is 1.64 bits per heavy atom. The molecule has 0 aliphatic heterocycles. The van der Waals surface area contributed by atoms with Gasteiger partial charge in [-0.15, -0.1) is 0 Å². The highest BCUT2D eigenvalue weighted by Crippen LogP contribution is 2.27. The van der Waals surface area contributed by atoms with E-state index in [1.165, 1.54) is 17.0 Å². The van der Waals surface area contributed by atoms with E-state index in [4.69, 9.17) is 0 Å². The fraction of sp³-hybridized carbons (Fsp3) is 0.333. The van der Waals surface area contributed by atoms with Crippen molar-refractivity contribution < 1.29 is 18.0 Å². The Balaban J connectivity index is 2.02. The molecule has 0 spiro atoms. The molecule has 0 unspecified atom stereocenters. The van der Waals surface area contributed by atoms with E-state index >= 15 is 0 Å². The summed E-state index contributed by atoms with van der Waals surface area (Å²) in [5.74, 6) is -0.709. The van der Waals surface area contributed by atoms with Crippen molar-refractivity contribution in [2.75, 3.05) is 17.4 Å². The van der Waals surface area contributed by atoms with E-state index in [-0.39, 0.29) is 17.3 Å². The number of amides is 2. The summed E-state index contributed by atoms with van der Waals surface area (Å²) in [7, 11) is -4.08. The SMILES string of the molecule is CCCCNC(=O)[C@H](CC)N(Cc1ccc(C)cc1)C(=O)CN(c1cccc(Br)c1)S(=O)(=O)c1ccccc1. The number of sulfonamides is 1. The van der Waals surface area contributed by atoms with Crippen LogP contribution < -0.4 is 9.62 Å². The molecule has 7 nitrogen and oxygen atoms in total. The zero-order valence-corrected chi connectivity index (χ0v) is 25.0. The molecule has 3 rings (SSSR count). The van der Waals surface area contributed by atoms with Crippen molar-refractivity contribution in [1.82, 2.24) is 10.2 Å². The zero-order valence-electron chi connectivity index (χ0n) is 22.6. The number of carbonyl (C=O) groups is 2. The summed E-state index contributed by atoms with van der Waals surface area (Å²) in [6.07, 6.45) is 2.15. The van der Waals surface area contributed by atoms with Crippen LogP contribution in [0.5, 0.6) is 0 Å². The van der Waals surface area contributed by atoms with Crippen LogP contribution in [0.2, 0.25) is 0 Å². The number of anilines is 1. The van der Waals surface area contributed by atoms with Gasteiger partial charge in [-0.25, -0.2) is 8.42 Å². The molecule has 0 heterocycles. The molecule has 0 aliphatic carbocycles. The molecule has 39 heavy (non-hydrogen) atoms. The number of hydrogen-bond donors (Lipinski definition) is 1. The van der Waals surface area contributed by atoms with Gasteiger partial charge in [-0.2, -0.15) is 0 Å². The van der Waals surface area contributed by atoms with Crippen molar-refractivity contribution in [3.05, 3.63) is 94.5 Å². The van der Waals surface area contributed by atoms with Gasteiger partial charge in [-0.3, -0.25) is 13.9 Å². The Kier molecular flexibility index (Phi) is 11.1. The molecular weight excluding hydrogens is 578 g/mol. The second-order valence-corrected chi connectivity index (χ2v) is 12.2. The molecule has 0 saturated carbocycles. The monoisotopic (exact) mass is 613 g/mol.